The van der Waals surface area contributed by atoms with Gasteiger partial charge < -0.3 is 29.2 Å². The van der Waals surface area contributed by atoms with Crippen molar-refractivity contribution in [3.63, 3.8) is 0 Å². The van der Waals surface area contributed by atoms with Gasteiger partial charge in [-0.2, -0.15) is 37.0 Å². The number of hydrogen-bond acceptors (Lipinski definition) is 7. The van der Waals surface area contributed by atoms with Gasteiger partial charge in [-0.15, -0.1) is 0 Å². The summed E-state index contributed by atoms with van der Waals surface area (Å²) in [7, 11) is 2.11. The Morgan fingerprint density at radius 3 is 2.60 bits per heavy atom. The molecular formula is C32H39ClFN7O2S2. The van der Waals surface area contributed by atoms with Crippen LogP contribution in [0, 0.1) is 6.57 Å². The fourth-order valence-corrected chi connectivity index (χ4v) is 6.83. The van der Waals surface area contributed by atoms with Crippen LogP contribution in [-0.4, -0.2) is 90.7 Å². The second-order valence-electron chi connectivity index (χ2n) is 11.5. The number of benzene rings is 2. The van der Waals surface area contributed by atoms with E-state index in [2.05, 4.69) is 51.4 Å². The third-order valence-electron chi connectivity index (χ3n) is 8.85. The van der Waals surface area contributed by atoms with Crippen LogP contribution in [0.5, 0.6) is 6.01 Å². The van der Waals surface area contributed by atoms with Gasteiger partial charge in [0.05, 0.1) is 17.3 Å². The molecule has 0 spiro atoms. The molecular weight excluding hydrogens is 633 g/mol. The molecule has 2 aromatic carbocycles. The molecule has 2 saturated heterocycles. The van der Waals surface area contributed by atoms with Gasteiger partial charge in [0.1, 0.15) is 18.5 Å². The van der Waals surface area contributed by atoms with E-state index in [1.165, 1.54) is 4.90 Å². The van der Waals surface area contributed by atoms with Crippen LogP contribution in [0.4, 0.5) is 15.9 Å². The lowest BCUT2D eigenvalue weighted by molar-refractivity contribution is -0.131. The Bertz CT molecular complexity index is 1600. The van der Waals surface area contributed by atoms with Crippen molar-refractivity contribution in [1.29, 1.82) is 0 Å². The van der Waals surface area contributed by atoms with Crippen molar-refractivity contribution in [2.45, 2.75) is 37.9 Å². The summed E-state index contributed by atoms with van der Waals surface area (Å²) in [6.45, 7) is 14.6. The molecule has 0 N–H and O–H groups in total. The molecule has 4 heterocycles. The van der Waals surface area contributed by atoms with Crippen molar-refractivity contribution in [1.82, 2.24) is 19.8 Å². The summed E-state index contributed by atoms with van der Waals surface area (Å²) in [6, 6.07) is 12.3. The number of halogens is 2. The van der Waals surface area contributed by atoms with Crippen molar-refractivity contribution in [2.24, 2.45) is 0 Å². The number of aromatic nitrogens is 2. The molecule has 240 valence electrons. The number of fused-ring (bicyclic) bond motifs is 2. The molecule has 0 radical (unpaired) electrons. The topological polar surface area (TPSA) is 69.4 Å². The largest absolute Gasteiger partial charge is 0.462 e. The number of nitrogens with zero attached hydrogens (tertiary/aromatic N) is 7. The average molecular weight is 672 g/mol. The number of piperazine rings is 1. The third kappa shape index (κ3) is 7.12. The van der Waals surface area contributed by atoms with Crippen molar-refractivity contribution < 1.29 is 13.9 Å². The summed E-state index contributed by atoms with van der Waals surface area (Å²) >= 11 is 6.68. The molecule has 3 aromatic rings. The number of hydrogen-bond donors (Lipinski definition) is 0. The molecule has 9 nitrogen and oxygen atoms in total. The normalized spacial score (nSPS) is 19.7. The number of likely N-dealkylation sites (N-methyl/N-ethyl adjacent to an activating group) is 1. The number of anilines is 2. The van der Waals surface area contributed by atoms with E-state index in [1.807, 2.05) is 18.2 Å². The summed E-state index contributed by atoms with van der Waals surface area (Å²) in [4.78, 5) is 34.0. The molecule has 6 rings (SSSR count). The molecule has 3 aliphatic heterocycles. The van der Waals surface area contributed by atoms with Gasteiger partial charge in [0.25, 0.3) is 5.91 Å². The number of amides is 1. The van der Waals surface area contributed by atoms with Crippen LogP contribution in [0.2, 0.25) is 5.02 Å². The Morgan fingerprint density at radius 2 is 1.89 bits per heavy atom. The van der Waals surface area contributed by atoms with Gasteiger partial charge in [0.15, 0.2) is 5.83 Å². The minimum Gasteiger partial charge on any atom is -0.462 e. The van der Waals surface area contributed by atoms with Gasteiger partial charge in [-0.05, 0) is 50.4 Å². The summed E-state index contributed by atoms with van der Waals surface area (Å²) in [5.74, 6) is -1.01. The van der Waals surface area contributed by atoms with E-state index in [-0.39, 0.29) is 40.1 Å². The van der Waals surface area contributed by atoms with Crippen molar-refractivity contribution >= 4 is 66.8 Å². The summed E-state index contributed by atoms with van der Waals surface area (Å²) in [5.41, 5.74) is 2.97. The standard InChI is InChI=1S/C32H35ClFN7O2.2H2S/c1-21(34)31(42)41-16-15-40(18-24(41)17-35-2)30-25-12-14-39(28-11-5-8-22-7-4-10-26(33)29(22)28)19-27(25)36-32(37-30)43-20-23-9-6-13-38(23)3;;/h4-5,7-8,10-11,23-24H,1,6,9,12-20H2,3H3;2*1H2/t23-,24-;;/m0../s1. The first-order valence-electron chi connectivity index (χ1n) is 14.7. The molecule has 1 aromatic heterocycles. The maximum Gasteiger partial charge on any atom is 0.318 e. The van der Waals surface area contributed by atoms with E-state index in [9.17, 15) is 9.18 Å². The Hall–Kier alpha value is -3.24. The zero-order valence-electron chi connectivity index (χ0n) is 25.3. The first-order chi connectivity index (χ1) is 20.8. The fraction of sp³-hybridized carbons (Fsp3) is 0.438. The molecule has 2 atom stereocenters. The van der Waals surface area contributed by atoms with Crippen LogP contribution < -0.4 is 14.5 Å². The Kier molecular flexibility index (Phi) is 11.5. The van der Waals surface area contributed by atoms with Crippen LogP contribution in [0.25, 0.3) is 15.6 Å². The van der Waals surface area contributed by atoms with E-state index in [0.717, 1.165) is 59.5 Å². The van der Waals surface area contributed by atoms with Gasteiger partial charge in [-0.1, -0.05) is 42.4 Å². The van der Waals surface area contributed by atoms with E-state index < -0.39 is 17.8 Å². The highest BCUT2D eigenvalue weighted by Gasteiger charge is 2.36. The smallest absolute Gasteiger partial charge is 0.318 e. The second kappa shape index (κ2) is 14.9. The minimum atomic E-state index is -1.01. The lowest BCUT2D eigenvalue weighted by atomic mass is 10.0. The third-order valence-corrected chi connectivity index (χ3v) is 9.16. The molecule has 0 saturated carbocycles. The highest BCUT2D eigenvalue weighted by atomic mass is 35.5. The Labute approximate surface area is 282 Å². The SMILES string of the molecule is S.S.[C-]#[N+]C[C@H]1CN(c2nc(OC[C@@H]3CCCN3C)nc3c2CCN(c2cccc4cccc(Cl)c24)C3)CCN1C(=O)C(=C)F. The number of rotatable bonds is 7. The quantitative estimate of drug-likeness (QED) is 0.260. The maximum absolute atomic E-state index is 13.8. The fourth-order valence-electron chi connectivity index (χ4n) is 6.55. The molecule has 0 aliphatic carbocycles. The van der Waals surface area contributed by atoms with Gasteiger partial charge in [0, 0.05) is 48.9 Å². The average Bonchev–Trinajstić information content (AvgIpc) is 3.43. The van der Waals surface area contributed by atoms with E-state index >= 15 is 0 Å². The van der Waals surface area contributed by atoms with Crippen LogP contribution in [-0.2, 0) is 17.8 Å². The summed E-state index contributed by atoms with van der Waals surface area (Å²) in [5, 5.41) is 2.81. The first-order valence-corrected chi connectivity index (χ1v) is 15.1. The van der Waals surface area contributed by atoms with E-state index in [0.29, 0.717) is 49.7 Å². The molecule has 13 heteroatoms. The van der Waals surface area contributed by atoms with Gasteiger partial charge in [-0.25, -0.2) is 11.0 Å². The molecule has 1 amide bonds. The zero-order valence-corrected chi connectivity index (χ0v) is 28.1. The number of ether oxygens (including phenoxy) is 1. The highest BCUT2D eigenvalue weighted by molar-refractivity contribution is 7.59. The molecule has 0 bridgehead atoms. The lowest BCUT2D eigenvalue weighted by Crippen LogP contribution is -2.57. The molecule has 3 aliphatic rings. The highest BCUT2D eigenvalue weighted by Crippen LogP contribution is 2.37. The van der Waals surface area contributed by atoms with Crippen molar-refractivity contribution in [3.05, 3.63) is 76.5 Å². The number of carbonyl (C=O) groups excluding carboxylic acids is 1. The molecule has 45 heavy (non-hydrogen) atoms. The number of carbonyl (C=O) groups is 1. The van der Waals surface area contributed by atoms with Crippen molar-refractivity contribution in [3.8, 4) is 6.01 Å². The van der Waals surface area contributed by atoms with Gasteiger partial charge in [0.2, 0.25) is 6.54 Å². The monoisotopic (exact) mass is 671 g/mol. The predicted molar refractivity (Wildman–Crippen MR) is 187 cm³/mol. The predicted octanol–water partition coefficient (Wildman–Crippen LogP) is 4.96. The summed E-state index contributed by atoms with van der Waals surface area (Å²) < 4.78 is 20.0. The van der Waals surface area contributed by atoms with E-state index in [4.69, 9.17) is 32.9 Å². The van der Waals surface area contributed by atoms with E-state index in [1.54, 1.807) is 0 Å². The van der Waals surface area contributed by atoms with Crippen LogP contribution in [0.1, 0.15) is 24.1 Å². The Morgan fingerprint density at radius 1 is 1.11 bits per heavy atom. The maximum atomic E-state index is 13.8. The molecule has 2 fully saturated rings. The van der Waals surface area contributed by atoms with Crippen LogP contribution in [0.15, 0.2) is 48.8 Å². The Balaban J connectivity index is 0.00000230. The first kappa shape index (κ1) is 34.6. The minimum absolute atomic E-state index is 0. The zero-order chi connectivity index (χ0) is 30.1. The van der Waals surface area contributed by atoms with Crippen LogP contribution in [0.3, 0.4) is 0 Å². The lowest BCUT2D eigenvalue weighted by Gasteiger charge is -2.41. The summed E-state index contributed by atoms with van der Waals surface area (Å²) in [6.07, 6.45) is 2.91. The van der Waals surface area contributed by atoms with Gasteiger partial charge in [-0.3, -0.25) is 4.79 Å². The van der Waals surface area contributed by atoms with Crippen LogP contribution >= 0.6 is 38.6 Å². The second-order valence-corrected chi connectivity index (χ2v) is 11.9. The van der Waals surface area contributed by atoms with Gasteiger partial charge >= 0.3 is 6.01 Å². The molecule has 0 unspecified atom stereocenters. The number of likely N-dealkylation sites (tertiary alicyclic amines) is 1. The van der Waals surface area contributed by atoms with Crippen molar-refractivity contribution in [2.75, 3.05) is 62.7 Å².